The molecule has 126 valence electrons. The molecule has 1 aromatic rings. The smallest absolute Gasteiger partial charge is 0.238 e. The first-order valence-corrected chi connectivity index (χ1v) is 9.14. The largest absolute Gasteiger partial charge is 0.324 e. The molecule has 0 saturated carbocycles. The van der Waals surface area contributed by atoms with Crippen LogP contribution < -0.4 is 10.6 Å². The highest BCUT2D eigenvalue weighted by Gasteiger charge is 2.29. The first kappa shape index (κ1) is 16.9. The van der Waals surface area contributed by atoms with Gasteiger partial charge in [0.2, 0.25) is 5.91 Å². The van der Waals surface area contributed by atoms with Crippen LogP contribution in [0.5, 0.6) is 0 Å². The maximum atomic E-state index is 12.3. The molecule has 2 N–H and O–H groups in total. The van der Waals surface area contributed by atoms with E-state index in [0.717, 1.165) is 49.4 Å². The molecule has 1 unspecified atom stereocenters. The third-order valence-electron chi connectivity index (χ3n) is 4.68. The van der Waals surface area contributed by atoms with Gasteiger partial charge in [-0.2, -0.15) is 0 Å². The number of nitrogens with one attached hydrogen (secondary N) is 2. The summed E-state index contributed by atoms with van der Waals surface area (Å²) in [5, 5.41) is 6.40. The number of piperazine rings is 1. The van der Waals surface area contributed by atoms with Gasteiger partial charge in [-0.05, 0) is 47.0 Å². The third-order valence-corrected chi connectivity index (χ3v) is 5.34. The lowest BCUT2D eigenvalue weighted by atomic mass is 10.2. The summed E-state index contributed by atoms with van der Waals surface area (Å²) in [6.45, 7) is 8.94. The number of carbonyl (C=O) groups excluding carboxylic acids is 1. The van der Waals surface area contributed by atoms with Crippen LogP contribution in [0.4, 0.5) is 5.69 Å². The van der Waals surface area contributed by atoms with Crippen LogP contribution in [0.1, 0.15) is 12.0 Å². The molecule has 6 heteroatoms. The van der Waals surface area contributed by atoms with Gasteiger partial charge in [-0.1, -0.05) is 6.07 Å². The van der Waals surface area contributed by atoms with Gasteiger partial charge in [0.25, 0.3) is 0 Å². The molecule has 2 aliphatic heterocycles. The number of anilines is 1. The van der Waals surface area contributed by atoms with E-state index < -0.39 is 0 Å². The van der Waals surface area contributed by atoms with Crippen molar-refractivity contribution < 1.29 is 4.79 Å². The lowest BCUT2D eigenvalue weighted by Crippen LogP contribution is -2.49. The number of hydrogen-bond donors (Lipinski definition) is 2. The molecule has 0 bridgehead atoms. The zero-order valence-electron chi connectivity index (χ0n) is 13.6. The average Bonchev–Trinajstić information content (AvgIpc) is 2.99. The van der Waals surface area contributed by atoms with Gasteiger partial charge in [-0.15, -0.1) is 0 Å². The van der Waals surface area contributed by atoms with Crippen LogP contribution in [0.2, 0.25) is 0 Å². The average molecular weight is 381 g/mol. The Kier molecular flexibility index (Phi) is 5.69. The normalized spacial score (nSPS) is 23.1. The van der Waals surface area contributed by atoms with Gasteiger partial charge < -0.3 is 10.6 Å². The number of aryl methyl sites for hydroxylation is 1. The molecule has 0 aliphatic carbocycles. The van der Waals surface area contributed by atoms with Crippen molar-refractivity contribution in [2.24, 2.45) is 0 Å². The molecule has 5 nitrogen and oxygen atoms in total. The molecule has 0 spiro atoms. The minimum absolute atomic E-state index is 0.0653. The molecular formula is C17H25BrN4O. The SMILES string of the molecule is Cc1ccc(NC(=O)CN2CCC(N3CCNCC3)C2)c(Br)c1. The van der Waals surface area contributed by atoms with E-state index in [2.05, 4.69) is 36.4 Å². The van der Waals surface area contributed by atoms with Crippen LogP contribution in [-0.2, 0) is 4.79 Å². The van der Waals surface area contributed by atoms with Crippen molar-refractivity contribution in [1.82, 2.24) is 15.1 Å². The second-order valence-corrected chi connectivity index (χ2v) is 7.35. The quantitative estimate of drug-likeness (QED) is 0.833. The van der Waals surface area contributed by atoms with Gasteiger partial charge in [0.15, 0.2) is 0 Å². The number of likely N-dealkylation sites (tertiary alicyclic amines) is 1. The van der Waals surface area contributed by atoms with Crippen LogP contribution >= 0.6 is 15.9 Å². The van der Waals surface area contributed by atoms with E-state index in [1.54, 1.807) is 0 Å². The van der Waals surface area contributed by atoms with Gasteiger partial charge in [-0.25, -0.2) is 0 Å². The number of benzene rings is 1. The summed E-state index contributed by atoms with van der Waals surface area (Å²) in [5.74, 6) is 0.0653. The minimum atomic E-state index is 0.0653. The fourth-order valence-electron chi connectivity index (χ4n) is 3.42. The lowest BCUT2D eigenvalue weighted by molar-refractivity contribution is -0.117. The Hall–Kier alpha value is -0.950. The van der Waals surface area contributed by atoms with Crippen molar-refractivity contribution >= 4 is 27.5 Å². The molecule has 3 rings (SSSR count). The summed E-state index contributed by atoms with van der Waals surface area (Å²) in [6, 6.07) is 6.59. The fourth-order valence-corrected chi connectivity index (χ4v) is 4.01. The lowest BCUT2D eigenvalue weighted by Gasteiger charge is -2.32. The van der Waals surface area contributed by atoms with Crippen molar-refractivity contribution in [3.8, 4) is 0 Å². The molecule has 2 heterocycles. The zero-order chi connectivity index (χ0) is 16.2. The van der Waals surface area contributed by atoms with E-state index in [9.17, 15) is 4.79 Å². The van der Waals surface area contributed by atoms with Crippen molar-refractivity contribution in [2.75, 3.05) is 51.1 Å². The van der Waals surface area contributed by atoms with E-state index in [4.69, 9.17) is 0 Å². The molecule has 0 aromatic heterocycles. The van der Waals surface area contributed by atoms with Gasteiger partial charge in [0.05, 0.1) is 12.2 Å². The monoisotopic (exact) mass is 380 g/mol. The second kappa shape index (κ2) is 7.75. The second-order valence-electron chi connectivity index (χ2n) is 6.50. The molecule has 0 radical (unpaired) electrons. The first-order valence-electron chi connectivity index (χ1n) is 8.35. The Morgan fingerprint density at radius 2 is 2.13 bits per heavy atom. The highest BCUT2D eigenvalue weighted by molar-refractivity contribution is 9.10. The Labute approximate surface area is 146 Å². The fraction of sp³-hybridized carbons (Fsp3) is 0.588. The number of hydrogen-bond acceptors (Lipinski definition) is 4. The van der Waals surface area contributed by atoms with E-state index >= 15 is 0 Å². The van der Waals surface area contributed by atoms with Gasteiger partial charge in [0.1, 0.15) is 0 Å². The third kappa shape index (κ3) is 4.53. The van der Waals surface area contributed by atoms with Gasteiger partial charge in [0, 0.05) is 49.8 Å². The molecule has 2 fully saturated rings. The van der Waals surface area contributed by atoms with E-state index in [-0.39, 0.29) is 5.91 Å². The topological polar surface area (TPSA) is 47.6 Å². The van der Waals surface area contributed by atoms with E-state index in [0.29, 0.717) is 12.6 Å². The van der Waals surface area contributed by atoms with Crippen LogP contribution in [0, 0.1) is 6.92 Å². The summed E-state index contributed by atoms with van der Waals surface area (Å²) in [6.07, 6.45) is 1.17. The van der Waals surface area contributed by atoms with Gasteiger partial charge >= 0.3 is 0 Å². The maximum Gasteiger partial charge on any atom is 0.238 e. The zero-order valence-corrected chi connectivity index (χ0v) is 15.2. The summed E-state index contributed by atoms with van der Waals surface area (Å²) < 4.78 is 0.936. The standard InChI is InChI=1S/C17H25BrN4O/c1-13-2-3-16(15(18)10-13)20-17(23)12-21-7-4-14(11-21)22-8-5-19-6-9-22/h2-3,10,14,19H,4-9,11-12H2,1H3,(H,20,23). The van der Waals surface area contributed by atoms with Crippen LogP contribution in [0.3, 0.4) is 0 Å². The van der Waals surface area contributed by atoms with Crippen LogP contribution in [0.25, 0.3) is 0 Å². The molecular weight excluding hydrogens is 356 g/mol. The summed E-state index contributed by atoms with van der Waals surface area (Å²) in [7, 11) is 0. The van der Waals surface area contributed by atoms with Crippen molar-refractivity contribution in [2.45, 2.75) is 19.4 Å². The number of rotatable bonds is 4. The highest BCUT2D eigenvalue weighted by Crippen LogP contribution is 2.23. The number of amides is 1. The molecule has 2 saturated heterocycles. The summed E-state index contributed by atoms with van der Waals surface area (Å²) >= 11 is 3.51. The minimum Gasteiger partial charge on any atom is -0.324 e. The number of halogens is 1. The van der Waals surface area contributed by atoms with Crippen molar-refractivity contribution in [1.29, 1.82) is 0 Å². The van der Waals surface area contributed by atoms with E-state index in [1.165, 1.54) is 12.0 Å². The van der Waals surface area contributed by atoms with Crippen LogP contribution in [-0.4, -0.2) is 67.6 Å². The first-order chi connectivity index (χ1) is 11.1. The molecule has 1 atom stereocenters. The van der Waals surface area contributed by atoms with Gasteiger partial charge in [-0.3, -0.25) is 14.6 Å². The highest BCUT2D eigenvalue weighted by atomic mass is 79.9. The summed E-state index contributed by atoms with van der Waals surface area (Å²) in [5.41, 5.74) is 2.02. The number of nitrogens with zero attached hydrogens (tertiary/aromatic N) is 2. The van der Waals surface area contributed by atoms with Crippen LogP contribution in [0.15, 0.2) is 22.7 Å². The Morgan fingerprint density at radius 1 is 1.35 bits per heavy atom. The number of carbonyl (C=O) groups is 1. The Bertz CT molecular complexity index is 560. The van der Waals surface area contributed by atoms with E-state index in [1.807, 2.05) is 25.1 Å². The Morgan fingerprint density at radius 3 is 2.87 bits per heavy atom. The predicted molar refractivity (Wildman–Crippen MR) is 96.8 cm³/mol. The Balaban J connectivity index is 1.48. The molecule has 1 amide bonds. The molecule has 23 heavy (non-hydrogen) atoms. The molecule has 2 aliphatic rings. The molecule has 1 aromatic carbocycles. The maximum absolute atomic E-state index is 12.3. The summed E-state index contributed by atoms with van der Waals surface area (Å²) in [4.78, 5) is 17.1. The predicted octanol–water partition coefficient (Wildman–Crippen LogP) is 1.68. The van der Waals surface area contributed by atoms with Crippen molar-refractivity contribution in [3.05, 3.63) is 28.2 Å². The van der Waals surface area contributed by atoms with Crippen molar-refractivity contribution in [3.63, 3.8) is 0 Å².